The van der Waals surface area contributed by atoms with Gasteiger partial charge in [-0.15, -0.1) is 6.58 Å². The van der Waals surface area contributed by atoms with Crippen molar-refractivity contribution in [1.29, 1.82) is 0 Å². The number of amides is 4. The highest BCUT2D eigenvalue weighted by Gasteiger charge is 2.62. The lowest BCUT2D eigenvalue weighted by atomic mass is 9.85. The van der Waals surface area contributed by atoms with E-state index >= 15 is 0 Å². The van der Waals surface area contributed by atoms with Gasteiger partial charge in [0.2, 0.25) is 21.8 Å². The van der Waals surface area contributed by atoms with Gasteiger partial charge in [0.05, 0.1) is 11.9 Å². The SMILES string of the molecule is C=C[C@@H]1C[C@]1(NC(=O)[C@@H]1CN(c2ccccc2)CN1C(=O)[C@@H](NC(=O)OC1CCCC1)C(C)(C)C)C(=O)NS(=O)(=O)C1CC1. The molecule has 0 radical (unpaired) electrons. The fourth-order valence-corrected chi connectivity index (χ4v) is 7.43. The molecule has 13 heteroatoms. The molecule has 1 saturated heterocycles. The normalized spacial score (nSPS) is 26.1. The molecule has 4 atom stereocenters. The molecule has 3 saturated carbocycles. The maximum Gasteiger partial charge on any atom is 0.408 e. The number of hydrogen-bond donors (Lipinski definition) is 3. The first kappa shape index (κ1) is 31.8. The quantitative estimate of drug-likeness (QED) is 0.334. The summed E-state index contributed by atoms with van der Waals surface area (Å²) < 4.78 is 32.8. The number of benzene rings is 1. The molecule has 0 aromatic heterocycles. The lowest BCUT2D eigenvalue weighted by molar-refractivity contribution is -0.142. The highest BCUT2D eigenvalue weighted by Crippen LogP contribution is 2.45. The summed E-state index contributed by atoms with van der Waals surface area (Å²) in [7, 11) is -3.84. The summed E-state index contributed by atoms with van der Waals surface area (Å²) in [4.78, 5) is 57.7. The minimum atomic E-state index is -3.84. The zero-order chi connectivity index (χ0) is 31.9. The molecule has 5 rings (SSSR count). The third kappa shape index (κ3) is 6.72. The summed E-state index contributed by atoms with van der Waals surface area (Å²) >= 11 is 0. The van der Waals surface area contributed by atoms with E-state index in [0.29, 0.717) is 12.8 Å². The van der Waals surface area contributed by atoms with Crippen LogP contribution in [-0.4, -0.2) is 79.3 Å². The first-order valence-corrected chi connectivity index (χ1v) is 16.9. The van der Waals surface area contributed by atoms with Gasteiger partial charge < -0.3 is 25.2 Å². The monoisotopic (exact) mass is 629 g/mol. The Morgan fingerprint density at radius 2 is 1.73 bits per heavy atom. The summed E-state index contributed by atoms with van der Waals surface area (Å²) in [5.41, 5.74) is -1.42. The van der Waals surface area contributed by atoms with E-state index in [-0.39, 0.29) is 25.7 Å². The zero-order valence-electron chi connectivity index (χ0n) is 25.6. The van der Waals surface area contributed by atoms with Crippen LogP contribution in [0.25, 0.3) is 0 Å². The van der Waals surface area contributed by atoms with E-state index in [1.54, 1.807) is 0 Å². The number of carbonyl (C=O) groups is 4. The van der Waals surface area contributed by atoms with Crippen LogP contribution in [0.1, 0.15) is 65.7 Å². The van der Waals surface area contributed by atoms with Crippen molar-refractivity contribution in [3.05, 3.63) is 43.0 Å². The van der Waals surface area contributed by atoms with Crippen molar-refractivity contribution in [3.8, 4) is 0 Å². The molecule has 3 aliphatic carbocycles. The van der Waals surface area contributed by atoms with Crippen LogP contribution in [0.15, 0.2) is 43.0 Å². The fraction of sp³-hybridized carbons (Fsp3) is 0.613. The average molecular weight is 630 g/mol. The first-order valence-electron chi connectivity index (χ1n) is 15.3. The second kappa shape index (κ2) is 12.1. The summed E-state index contributed by atoms with van der Waals surface area (Å²) in [6.07, 6.45) is 5.35. The number of hydrogen-bond acceptors (Lipinski definition) is 8. The summed E-state index contributed by atoms with van der Waals surface area (Å²) in [6, 6.07) is 7.27. The van der Waals surface area contributed by atoms with E-state index in [4.69, 9.17) is 4.74 Å². The molecule has 0 unspecified atom stereocenters. The number of rotatable bonds is 10. The van der Waals surface area contributed by atoms with Crippen LogP contribution in [0.3, 0.4) is 0 Å². The van der Waals surface area contributed by atoms with Crippen molar-refractivity contribution >= 4 is 39.5 Å². The standard InChI is InChI=1S/C31H43N5O7S/c1-5-20-17-31(20,28(39)34-44(41,42)23-15-16-23)33-26(37)24-18-35(21-11-7-6-8-12-21)19-36(24)27(38)25(30(2,3)4)32-29(40)43-22-13-9-10-14-22/h5-8,11-12,20,22-25H,1,9-10,13-19H2,2-4H3,(H,32,40)(H,33,37)(H,34,39)/t20-,24+,25-,31-/m1/s1. The Bertz CT molecular complexity index is 1400. The Balaban J connectivity index is 1.38. The smallest absolute Gasteiger partial charge is 0.408 e. The third-order valence-electron chi connectivity index (χ3n) is 9.00. The molecule has 44 heavy (non-hydrogen) atoms. The molecule has 1 aromatic rings. The lowest BCUT2D eigenvalue weighted by Crippen LogP contribution is -2.60. The number of anilines is 1. The van der Waals surface area contributed by atoms with Crippen molar-refractivity contribution in [2.75, 3.05) is 18.1 Å². The lowest BCUT2D eigenvalue weighted by Gasteiger charge is -2.35. The van der Waals surface area contributed by atoms with Gasteiger partial charge in [0.1, 0.15) is 23.7 Å². The van der Waals surface area contributed by atoms with Gasteiger partial charge in [-0.2, -0.15) is 0 Å². The van der Waals surface area contributed by atoms with Crippen molar-refractivity contribution < 1.29 is 32.3 Å². The molecular formula is C31H43N5O7S. The fourth-order valence-electron chi connectivity index (χ4n) is 6.06. The molecule has 0 bridgehead atoms. The molecule has 240 valence electrons. The van der Waals surface area contributed by atoms with Crippen LogP contribution in [0, 0.1) is 11.3 Å². The van der Waals surface area contributed by atoms with Crippen molar-refractivity contribution in [2.45, 2.75) is 94.7 Å². The number of ether oxygens (including phenoxy) is 1. The number of para-hydroxylation sites is 1. The molecule has 4 fully saturated rings. The van der Waals surface area contributed by atoms with E-state index in [9.17, 15) is 27.6 Å². The maximum absolute atomic E-state index is 14.2. The van der Waals surface area contributed by atoms with Crippen molar-refractivity contribution in [1.82, 2.24) is 20.3 Å². The predicted molar refractivity (Wildman–Crippen MR) is 164 cm³/mol. The van der Waals surface area contributed by atoms with E-state index < -0.39 is 68.0 Å². The van der Waals surface area contributed by atoms with Crippen LogP contribution in [0.4, 0.5) is 10.5 Å². The average Bonchev–Trinajstić information content (AvgIpc) is 3.84. The molecule has 1 aromatic carbocycles. The van der Waals surface area contributed by atoms with Gasteiger partial charge in [0.15, 0.2) is 0 Å². The Kier molecular flexibility index (Phi) is 8.71. The van der Waals surface area contributed by atoms with Crippen LogP contribution >= 0.6 is 0 Å². The van der Waals surface area contributed by atoms with E-state index in [1.165, 1.54) is 11.0 Å². The molecule has 0 spiro atoms. The van der Waals surface area contributed by atoms with Crippen LogP contribution in [0.5, 0.6) is 0 Å². The molecular weight excluding hydrogens is 586 g/mol. The van der Waals surface area contributed by atoms with Crippen LogP contribution in [0.2, 0.25) is 0 Å². The predicted octanol–water partition coefficient (Wildman–Crippen LogP) is 2.41. The van der Waals surface area contributed by atoms with Crippen LogP contribution < -0.4 is 20.3 Å². The van der Waals surface area contributed by atoms with Gasteiger partial charge in [-0.25, -0.2) is 13.2 Å². The van der Waals surface area contributed by atoms with Crippen LogP contribution in [-0.2, 0) is 29.1 Å². The second-order valence-electron chi connectivity index (χ2n) is 13.5. The molecule has 12 nitrogen and oxygen atoms in total. The second-order valence-corrected chi connectivity index (χ2v) is 15.4. The summed E-state index contributed by atoms with van der Waals surface area (Å²) in [5, 5.41) is 4.95. The number of alkyl carbamates (subject to hydrolysis) is 1. The van der Waals surface area contributed by atoms with Gasteiger partial charge in [-0.1, -0.05) is 45.0 Å². The Hall–Kier alpha value is -3.61. The van der Waals surface area contributed by atoms with Gasteiger partial charge in [0, 0.05) is 18.2 Å². The first-order chi connectivity index (χ1) is 20.7. The van der Waals surface area contributed by atoms with Gasteiger partial charge in [-0.3, -0.25) is 19.1 Å². The Morgan fingerprint density at radius 1 is 1.07 bits per heavy atom. The third-order valence-corrected chi connectivity index (χ3v) is 10.8. The minimum Gasteiger partial charge on any atom is -0.446 e. The summed E-state index contributed by atoms with van der Waals surface area (Å²) in [5.74, 6) is -2.33. The van der Waals surface area contributed by atoms with E-state index in [0.717, 1.165) is 31.4 Å². The largest absolute Gasteiger partial charge is 0.446 e. The molecule has 4 amide bonds. The highest BCUT2D eigenvalue weighted by molar-refractivity contribution is 7.91. The van der Waals surface area contributed by atoms with E-state index in [2.05, 4.69) is 21.9 Å². The summed E-state index contributed by atoms with van der Waals surface area (Å²) in [6.45, 7) is 9.41. The minimum absolute atomic E-state index is 0.0625. The number of sulfonamides is 1. The molecule has 4 aliphatic rings. The van der Waals surface area contributed by atoms with Crippen molar-refractivity contribution in [3.63, 3.8) is 0 Å². The topological polar surface area (TPSA) is 154 Å². The van der Waals surface area contributed by atoms with E-state index in [1.807, 2.05) is 56.0 Å². The molecule has 1 aliphatic heterocycles. The molecule has 1 heterocycles. The van der Waals surface area contributed by atoms with Gasteiger partial charge in [0.25, 0.3) is 5.91 Å². The Morgan fingerprint density at radius 3 is 2.30 bits per heavy atom. The number of nitrogens with one attached hydrogen (secondary N) is 3. The van der Waals surface area contributed by atoms with Crippen molar-refractivity contribution in [2.24, 2.45) is 11.3 Å². The molecule has 3 N–H and O–H groups in total. The highest BCUT2D eigenvalue weighted by atomic mass is 32.2. The maximum atomic E-state index is 14.2. The number of nitrogens with zero attached hydrogens (tertiary/aromatic N) is 2. The van der Waals surface area contributed by atoms with Gasteiger partial charge >= 0.3 is 6.09 Å². The number of carbonyl (C=O) groups excluding carboxylic acids is 4. The van der Waals surface area contributed by atoms with Gasteiger partial charge in [-0.05, 0) is 62.5 Å². The Labute approximate surface area is 259 Å². The zero-order valence-corrected chi connectivity index (χ0v) is 26.4.